The van der Waals surface area contributed by atoms with E-state index in [2.05, 4.69) is 17.0 Å². The molecule has 1 saturated heterocycles. The molecule has 1 heterocycles. The molecule has 0 radical (unpaired) electrons. The number of aliphatic hydroxyl groups excluding tert-OH is 1. The van der Waals surface area contributed by atoms with Gasteiger partial charge >= 0.3 is 0 Å². The molecular weight excluding hydrogens is 421 g/mol. The van der Waals surface area contributed by atoms with E-state index in [-0.39, 0.29) is 30.1 Å². The van der Waals surface area contributed by atoms with E-state index >= 15 is 0 Å². The number of amides is 1. The van der Waals surface area contributed by atoms with Gasteiger partial charge in [-0.3, -0.25) is 4.79 Å². The smallest absolute Gasteiger partial charge is 0.228 e. The summed E-state index contributed by atoms with van der Waals surface area (Å²) in [6.45, 7) is 4.17. The molecule has 0 aromatic heterocycles. The van der Waals surface area contributed by atoms with Crippen LogP contribution in [-0.2, 0) is 14.9 Å². The van der Waals surface area contributed by atoms with Crippen molar-refractivity contribution in [3.05, 3.63) is 41.7 Å². The zero-order valence-electron chi connectivity index (χ0n) is 19.9. The second-order valence-electron chi connectivity index (χ2n) is 10.1. The predicted octanol–water partition coefficient (Wildman–Crippen LogP) is 4.92. The maximum atomic E-state index is 13.5. The Labute approximate surface area is 196 Å². The predicted molar refractivity (Wildman–Crippen MR) is 126 cm³/mol. The summed E-state index contributed by atoms with van der Waals surface area (Å²) in [6.07, 6.45) is 9.23. The number of ether oxygens (including phenoxy) is 2. The first-order valence-electron chi connectivity index (χ1n) is 12.6. The topological polar surface area (TPSA) is 59.0 Å². The lowest BCUT2D eigenvalue weighted by atomic mass is 9.51. The van der Waals surface area contributed by atoms with Crippen LogP contribution in [-0.4, -0.2) is 54.9 Å². The molecule has 1 aromatic carbocycles. The Hall–Kier alpha value is -1.92. The van der Waals surface area contributed by atoms with Gasteiger partial charge in [0, 0.05) is 18.5 Å². The molecule has 6 heteroatoms. The van der Waals surface area contributed by atoms with E-state index in [0.717, 1.165) is 70.2 Å². The van der Waals surface area contributed by atoms with Gasteiger partial charge in [0.25, 0.3) is 0 Å². The molecule has 0 atom stereocenters. The average Bonchev–Trinajstić information content (AvgIpc) is 2.89. The normalized spacial score (nSPS) is 28.2. The number of benzene rings is 1. The molecule has 5 rings (SSSR count). The summed E-state index contributed by atoms with van der Waals surface area (Å²) in [5.74, 6) is 1.12. The molecule has 4 aliphatic rings. The van der Waals surface area contributed by atoms with E-state index in [9.17, 15) is 9.18 Å². The van der Waals surface area contributed by atoms with Gasteiger partial charge in [-0.05, 0) is 86.5 Å². The van der Waals surface area contributed by atoms with Crippen LogP contribution in [0.15, 0.2) is 36.2 Å². The first-order valence-corrected chi connectivity index (χ1v) is 12.6. The summed E-state index contributed by atoms with van der Waals surface area (Å²) in [5.41, 5.74) is 1.98. The van der Waals surface area contributed by atoms with Gasteiger partial charge in [0.05, 0.1) is 25.6 Å². The van der Waals surface area contributed by atoms with Gasteiger partial charge in [-0.2, -0.15) is 0 Å². The van der Waals surface area contributed by atoms with E-state index in [1.165, 1.54) is 5.56 Å². The number of halogens is 1. The minimum Gasteiger partial charge on any atom is -0.489 e. The molecule has 1 N–H and O–H groups in total. The molecule has 0 spiro atoms. The number of carbonyl (C=O) groups excluding carboxylic acids is 1. The SMILES string of the molecule is CC/C(=C\F)COc1ccc(C23CCC(C(=O)N4CCC(OCCO)CC4)(CC2)CC3)cc1. The Morgan fingerprint density at radius 3 is 2.30 bits per heavy atom. The van der Waals surface area contributed by atoms with E-state index in [1.54, 1.807) is 0 Å². The first kappa shape index (κ1) is 24.2. The third-order valence-corrected chi connectivity index (χ3v) is 8.37. The molecular formula is C27H38FNO4. The monoisotopic (exact) mass is 459 g/mol. The zero-order valence-corrected chi connectivity index (χ0v) is 19.9. The Balaban J connectivity index is 1.33. The van der Waals surface area contributed by atoms with Crippen LogP contribution in [0.2, 0.25) is 0 Å². The number of hydrogen-bond donors (Lipinski definition) is 1. The maximum absolute atomic E-state index is 13.5. The molecule has 182 valence electrons. The van der Waals surface area contributed by atoms with Gasteiger partial charge in [-0.25, -0.2) is 4.39 Å². The van der Waals surface area contributed by atoms with Crippen molar-refractivity contribution in [2.75, 3.05) is 32.9 Å². The van der Waals surface area contributed by atoms with Crippen LogP contribution in [0.25, 0.3) is 0 Å². The van der Waals surface area contributed by atoms with E-state index in [4.69, 9.17) is 14.6 Å². The van der Waals surface area contributed by atoms with Crippen LogP contribution < -0.4 is 4.74 Å². The zero-order chi connectivity index (χ0) is 23.3. The molecule has 0 unspecified atom stereocenters. The molecule has 2 bridgehead atoms. The Morgan fingerprint density at radius 2 is 1.76 bits per heavy atom. The summed E-state index contributed by atoms with van der Waals surface area (Å²) in [7, 11) is 0. The molecule has 3 saturated carbocycles. The van der Waals surface area contributed by atoms with E-state index in [0.29, 0.717) is 30.8 Å². The van der Waals surface area contributed by atoms with Crippen LogP contribution >= 0.6 is 0 Å². The minimum absolute atomic E-state index is 0.0516. The second kappa shape index (κ2) is 10.6. The number of nitrogens with zero attached hydrogens (tertiary/aromatic N) is 1. The number of piperidine rings is 1. The van der Waals surface area contributed by atoms with Gasteiger partial charge in [-0.15, -0.1) is 0 Å². The highest BCUT2D eigenvalue weighted by Crippen LogP contribution is 2.58. The summed E-state index contributed by atoms with van der Waals surface area (Å²) in [4.78, 5) is 15.6. The third kappa shape index (κ3) is 5.12. The lowest BCUT2D eigenvalue weighted by Gasteiger charge is -2.54. The van der Waals surface area contributed by atoms with Crippen molar-refractivity contribution in [2.24, 2.45) is 5.41 Å². The number of likely N-dealkylation sites (tertiary alicyclic amines) is 1. The molecule has 4 fully saturated rings. The molecule has 1 aromatic rings. The van der Waals surface area contributed by atoms with Gasteiger partial charge in [0.2, 0.25) is 5.91 Å². The fourth-order valence-corrected chi connectivity index (χ4v) is 6.01. The van der Waals surface area contributed by atoms with Crippen molar-refractivity contribution in [1.82, 2.24) is 4.90 Å². The van der Waals surface area contributed by atoms with E-state index in [1.807, 2.05) is 19.1 Å². The van der Waals surface area contributed by atoms with Crippen LogP contribution in [0.4, 0.5) is 4.39 Å². The Kier molecular flexibility index (Phi) is 7.75. The molecule has 5 nitrogen and oxygen atoms in total. The Morgan fingerprint density at radius 1 is 1.12 bits per heavy atom. The van der Waals surface area contributed by atoms with Gasteiger partial charge in [0.1, 0.15) is 12.4 Å². The summed E-state index contributed by atoms with van der Waals surface area (Å²) in [6, 6.07) is 8.33. The highest BCUT2D eigenvalue weighted by Gasteiger charge is 2.54. The number of hydrogen-bond acceptors (Lipinski definition) is 4. The molecule has 3 aliphatic carbocycles. The summed E-state index contributed by atoms with van der Waals surface area (Å²) >= 11 is 0. The quantitative estimate of drug-likeness (QED) is 0.569. The number of carbonyl (C=O) groups is 1. The fourth-order valence-electron chi connectivity index (χ4n) is 6.01. The van der Waals surface area contributed by atoms with Crippen molar-refractivity contribution in [3.8, 4) is 5.75 Å². The minimum atomic E-state index is -0.182. The van der Waals surface area contributed by atoms with Gasteiger partial charge in [0.15, 0.2) is 0 Å². The molecule has 1 amide bonds. The van der Waals surface area contributed by atoms with E-state index < -0.39 is 0 Å². The van der Waals surface area contributed by atoms with Crippen LogP contribution in [0, 0.1) is 5.41 Å². The van der Waals surface area contributed by atoms with Gasteiger partial charge < -0.3 is 19.5 Å². The standard InChI is InChI=1S/C27H38FNO4/c1-2-21(19-28)20-33-23-5-3-22(4-6-23)26-9-12-27(13-10-26,14-11-26)25(31)29-15-7-24(8-16-29)32-18-17-30/h3-6,19,24,30H,2,7-18,20H2,1H3/b21-19+. The highest BCUT2D eigenvalue weighted by molar-refractivity contribution is 5.83. The van der Waals surface area contributed by atoms with Gasteiger partial charge in [-0.1, -0.05) is 19.1 Å². The van der Waals surface area contributed by atoms with Crippen LogP contribution in [0.3, 0.4) is 0 Å². The van der Waals surface area contributed by atoms with Crippen molar-refractivity contribution in [1.29, 1.82) is 0 Å². The fraction of sp³-hybridized carbons (Fsp3) is 0.667. The van der Waals surface area contributed by atoms with Crippen molar-refractivity contribution >= 4 is 5.91 Å². The molecule has 1 aliphatic heterocycles. The van der Waals surface area contributed by atoms with Crippen LogP contribution in [0.1, 0.15) is 70.3 Å². The van der Waals surface area contributed by atoms with Crippen molar-refractivity contribution < 1.29 is 23.8 Å². The summed E-state index contributed by atoms with van der Waals surface area (Å²) < 4.78 is 24.1. The molecule has 33 heavy (non-hydrogen) atoms. The number of fused-ring (bicyclic) bond motifs is 3. The lowest BCUT2D eigenvalue weighted by molar-refractivity contribution is -0.152. The second-order valence-corrected chi connectivity index (χ2v) is 10.1. The maximum Gasteiger partial charge on any atom is 0.228 e. The van der Waals surface area contributed by atoms with Crippen molar-refractivity contribution in [3.63, 3.8) is 0 Å². The Bertz CT molecular complexity index is 804. The van der Waals surface area contributed by atoms with Crippen molar-refractivity contribution in [2.45, 2.75) is 76.2 Å². The number of rotatable bonds is 9. The summed E-state index contributed by atoms with van der Waals surface area (Å²) in [5, 5.41) is 8.95. The largest absolute Gasteiger partial charge is 0.489 e. The average molecular weight is 460 g/mol. The number of aliphatic hydroxyl groups is 1. The third-order valence-electron chi connectivity index (χ3n) is 8.37. The lowest BCUT2D eigenvalue weighted by Crippen LogP contribution is -2.54. The van der Waals surface area contributed by atoms with Crippen LogP contribution in [0.5, 0.6) is 5.75 Å². The highest BCUT2D eigenvalue weighted by atomic mass is 19.1. The first-order chi connectivity index (χ1) is 16.0.